The Labute approximate surface area is 181 Å². The summed E-state index contributed by atoms with van der Waals surface area (Å²) < 4.78 is 7.58. The first-order valence-corrected chi connectivity index (χ1v) is 11.2. The maximum absolute atomic E-state index is 12.3. The van der Waals surface area contributed by atoms with Crippen LogP contribution in [0.15, 0.2) is 53.7 Å². The number of hydrogen-bond acceptors (Lipinski definition) is 5. The molecule has 2 aromatic carbocycles. The summed E-state index contributed by atoms with van der Waals surface area (Å²) in [5, 5.41) is 12.5. The van der Waals surface area contributed by atoms with Crippen molar-refractivity contribution < 1.29 is 9.53 Å². The molecule has 1 aliphatic rings. The number of rotatable bonds is 7. The molecule has 1 atom stereocenters. The molecule has 1 aromatic heterocycles. The minimum Gasteiger partial charge on any atom is -0.376 e. The van der Waals surface area contributed by atoms with Crippen molar-refractivity contribution in [3.63, 3.8) is 0 Å². The molecule has 0 unspecified atom stereocenters. The van der Waals surface area contributed by atoms with Gasteiger partial charge in [0.2, 0.25) is 5.91 Å². The van der Waals surface area contributed by atoms with Gasteiger partial charge in [0.25, 0.3) is 0 Å². The van der Waals surface area contributed by atoms with Crippen LogP contribution in [-0.4, -0.2) is 45.7 Å². The normalized spacial score (nSPS) is 16.0. The van der Waals surface area contributed by atoms with E-state index in [1.54, 1.807) is 0 Å². The first kappa shape index (κ1) is 20.6. The molecule has 0 aliphatic carbocycles. The van der Waals surface area contributed by atoms with Crippen LogP contribution >= 0.6 is 11.8 Å². The molecule has 0 bridgehead atoms. The van der Waals surface area contributed by atoms with Crippen LogP contribution in [0.5, 0.6) is 0 Å². The van der Waals surface area contributed by atoms with Crippen LogP contribution in [0.4, 0.5) is 0 Å². The zero-order chi connectivity index (χ0) is 20.9. The monoisotopic (exact) mass is 422 g/mol. The lowest BCUT2D eigenvalue weighted by Gasteiger charge is -2.12. The maximum Gasteiger partial charge on any atom is 0.230 e. The number of carbonyl (C=O) groups excluding carboxylic acids is 1. The molecule has 1 fully saturated rings. The minimum absolute atomic E-state index is 0.0224. The summed E-state index contributed by atoms with van der Waals surface area (Å²) in [5.41, 5.74) is 4.34. The smallest absolute Gasteiger partial charge is 0.230 e. The molecule has 156 valence electrons. The van der Waals surface area contributed by atoms with E-state index < -0.39 is 0 Å². The third-order valence-corrected chi connectivity index (χ3v) is 6.05. The molecule has 1 saturated heterocycles. The van der Waals surface area contributed by atoms with Crippen LogP contribution < -0.4 is 5.32 Å². The Bertz CT molecular complexity index is 993. The quantitative estimate of drug-likeness (QED) is 0.584. The first-order valence-electron chi connectivity index (χ1n) is 10.2. The average molecular weight is 423 g/mol. The summed E-state index contributed by atoms with van der Waals surface area (Å²) in [5.74, 6) is 1.02. The van der Waals surface area contributed by atoms with Gasteiger partial charge in [-0.3, -0.25) is 9.36 Å². The molecule has 7 heteroatoms. The van der Waals surface area contributed by atoms with Gasteiger partial charge in [0.1, 0.15) is 0 Å². The number of thioether (sulfide) groups is 1. The van der Waals surface area contributed by atoms with E-state index in [4.69, 9.17) is 4.74 Å². The van der Waals surface area contributed by atoms with E-state index in [0.717, 1.165) is 36.5 Å². The number of aromatic nitrogens is 3. The molecule has 3 aromatic rings. The summed E-state index contributed by atoms with van der Waals surface area (Å²) in [6.45, 7) is 5.48. The third kappa shape index (κ3) is 4.91. The molecule has 1 amide bonds. The van der Waals surface area contributed by atoms with Gasteiger partial charge in [0.05, 0.1) is 11.9 Å². The SMILES string of the molecule is Cc1ccc(-c2nnc(SCC(=O)NC[C@H]3CCCO3)n2-c2ccc(C)cc2)cc1. The summed E-state index contributed by atoms with van der Waals surface area (Å²) in [6.07, 6.45) is 2.22. The molecule has 1 aliphatic heterocycles. The highest BCUT2D eigenvalue weighted by molar-refractivity contribution is 7.99. The largest absolute Gasteiger partial charge is 0.376 e. The topological polar surface area (TPSA) is 69.0 Å². The molecular formula is C23H26N4O2S. The van der Waals surface area contributed by atoms with Gasteiger partial charge < -0.3 is 10.1 Å². The van der Waals surface area contributed by atoms with Gasteiger partial charge in [0.15, 0.2) is 11.0 Å². The Kier molecular flexibility index (Phi) is 6.50. The molecule has 0 saturated carbocycles. The third-order valence-electron chi connectivity index (χ3n) is 5.12. The molecule has 4 rings (SSSR count). The molecule has 1 N–H and O–H groups in total. The van der Waals surface area contributed by atoms with Gasteiger partial charge in [-0.25, -0.2) is 0 Å². The number of aryl methyl sites for hydroxylation is 2. The summed E-state index contributed by atoms with van der Waals surface area (Å²) in [4.78, 5) is 12.3. The fourth-order valence-corrected chi connectivity index (χ4v) is 4.18. The van der Waals surface area contributed by atoms with Crippen molar-refractivity contribution in [2.24, 2.45) is 0 Å². The van der Waals surface area contributed by atoms with Crippen molar-refractivity contribution in [2.75, 3.05) is 18.9 Å². The Hall–Kier alpha value is -2.64. The second kappa shape index (κ2) is 9.45. The lowest BCUT2D eigenvalue weighted by Crippen LogP contribution is -2.32. The van der Waals surface area contributed by atoms with Crippen LogP contribution in [0.25, 0.3) is 17.1 Å². The second-order valence-corrected chi connectivity index (χ2v) is 8.51. The van der Waals surface area contributed by atoms with Crippen molar-refractivity contribution >= 4 is 17.7 Å². The predicted molar refractivity (Wildman–Crippen MR) is 119 cm³/mol. The van der Waals surface area contributed by atoms with Crippen LogP contribution in [-0.2, 0) is 9.53 Å². The van der Waals surface area contributed by atoms with Crippen molar-refractivity contribution in [1.29, 1.82) is 0 Å². The number of ether oxygens (including phenoxy) is 1. The number of nitrogens with one attached hydrogen (secondary N) is 1. The van der Waals surface area contributed by atoms with E-state index in [0.29, 0.717) is 11.7 Å². The minimum atomic E-state index is -0.0224. The molecular weight excluding hydrogens is 396 g/mol. The fraction of sp³-hybridized carbons (Fsp3) is 0.348. The van der Waals surface area contributed by atoms with E-state index >= 15 is 0 Å². The number of hydrogen-bond donors (Lipinski definition) is 1. The summed E-state index contributed by atoms with van der Waals surface area (Å²) in [7, 11) is 0. The zero-order valence-corrected chi connectivity index (χ0v) is 18.1. The Morgan fingerprint density at radius 3 is 2.47 bits per heavy atom. The Balaban J connectivity index is 1.54. The van der Waals surface area contributed by atoms with E-state index in [1.807, 2.05) is 16.7 Å². The lowest BCUT2D eigenvalue weighted by molar-refractivity contribution is -0.119. The van der Waals surface area contributed by atoms with Gasteiger partial charge in [-0.2, -0.15) is 0 Å². The first-order chi connectivity index (χ1) is 14.6. The highest BCUT2D eigenvalue weighted by atomic mass is 32.2. The van der Waals surface area contributed by atoms with Crippen LogP contribution in [0, 0.1) is 13.8 Å². The van der Waals surface area contributed by atoms with Gasteiger partial charge in [-0.15, -0.1) is 10.2 Å². The standard InChI is InChI=1S/C23H26N4O2S/c1-16-5-9-18(10-6-16)22-25-26-23(27(22)19-11-7-17(2)8-12-19)30-15-21(28)24-14-20-4-3-13-29-20/h5-12,20H,3-4,13-15H2,1-2H3,(H,24,28)/t20-/m1/s1. The highest BCUT2D eigenvalue weighted by Crippen LogP contribution is 2.28. The van der Waals surface area contributed by atoms with Crippen LogP contribution in [0.2, 0.25) is 0 Å². The van der Waals surface area contributed by atoms with Crippen molar-refractivity contribution in [3.05, 3.63) is 59.7 Å². The summed E-state index contributed by atoms with van der Waals surface area (Å²) >= 11 is 1.39. The summed E-state index contributed by atoms with van der Waals surface area (Å²) in [6, 6.07) is 16.5. The Morgan fingerprint density at radius 1 is 1.10 bits per heavy atom. The van der Waals surface area contributed by atoms with Gasteiger partial charge >= 0.3 is 0 Å². The lowest BCUT2D eigenvalue weighted by atomic mass is 10.1. The molecule has 0 spiro atoms. The van der Waals surface area contributed by atoms with Crippen molar-refractivity contribution in [2.45, 2.75) is 37.9 Å². The van der Waals surface area contributed by atoms with E-state index in [9.17, 15) is 4.79 Å². The number of carbonyl (C=O) groups is 1. The van der Waals surface area contributed by atoms with Crippen LogP contribution in [0.3, 0.4) is 0 Å². The van der Waals surface area contributed by atoms with Crippen molar-refractivity contribution in [3.8, 4) is 17.1 Å². The van der Waals surface area contributed by atoms with E-state index in [1.165, 1.54) is 22.9 Å². The Morgan fingerprint density at radius 2 is 1.80 bits per heavy atom. The van der Waals surface area contributed by atoms with Crippen molar-refractivity contribution in [1.82, 2.24) is 20.1 Å². The maximum atomic E-state index is 12.3. The van der Waals surface area contributed by atoms with Gasteiger partial charge in [-0.05, 0) is 38.8 Å². The average Bonchev–Trinajstić information content (AvgIpc) is 3.42. The van der Waals surface area contributed by atoms with E-state index in [-0.39, 0.29) is 17.8 Å². The molecule has 0 radical (unpaired) electrons. The zero-order valence-electron chi connectivity index (χ0n) is 17.3. The molecule has 2 heterocycles. The number of benzene rings is 2. The predicted octanol–water partition coefficient (Wildman–Crippen LogP) is 3.94. The highest BCUT2D eigenvalue weighted by Gasteiger charge is 2.19. The molecule has 6 nitrogen and oxygen atoms in total. The van der Waals surface area contributed by atoms with Crippen LogP contribution in [0.1, 0.15) is 24.0 Å². The van der Waals surface area contributed by atoms with Gasteiger partial charge in [-0.1, -0.05) is 59.3 Å². The van der Waals surface area contributed by atoms with E-state index in [2.05, 4.69) is 65.8 Å². The fourth-order valence-electron chi connectivity index (χ4n) is 3.39. The number of nitrogens with zero attached hydrogens (tertiary/aromatic N) is 3. The van der Waals surface area contributed by atoms with Gasteiger partial charge in [0, 0.05) is 24.4 Å². The second-order valence-electron chi connectivity index (χ2n) is 7.57. The molecule has 30 heavy (non-hydrogen) atoms. The number of amides is 1.